The van der Waals surface area contributed by atoms with Gasteiger partial charge in [0.1, 0.15) is 4.21 Å². The van der Waals surface area contributed by atoms with E-state index in [2.05, 4.69) is 15.5 Å². The Balaban J connectivity index is 1.62. The zero-order valence-corrected chi connectivity index (χ0v) is 18.8. The lowest BCUT2D eigenvalue weighted by atomic mass is 10.1. The zero-order valence-electron chi connectivity index (χ0n) is 17.1. The largest absolute Gasteiger partial charge is 0.347 e. The Labute approximate surface area is 183 Å². The topological polar surface area (TPSA) is 105 Å². The molecule has 0 aliphatic heterocycles. The summed E-state index contributed by atoms with van der Waals surface area (Å²) in [6, 6.07) is 14.4. The number of aromatic nitrogens is 2. The number of hydrogen-bond donors (Lipinski definition) is 1. The van der Waals surface area contributed by atoms with E-state index in [0.29, 0.717) is 28.1 Å². The van der Waals surface area contributed by atoms with E-state index in [0.717, 1.165) is 26.1 Å². The second-order valence-electron chi connectivity index (χ2n) is 7.06. The number of thiophene rings is 1. The van der Waals surface area contributed by atoms with Gasteiger partial charge in [-0.15, -0.1) is 11.3 Å². The lowest BCUT2D eigenvalue weighted by Crippen LogP contribution is -2.23. The minimum absolute atomic E-state index is 0.196. The molecule has 4 aromatic rings. The maximum atomic E-state index is 13.0. The molecule has 0 bridgehead atoms. The van der Waals surface area contributed by atoms with E-state index in [9.17, 15) is 13.2 Å². The summed E-state index contributed by atoms with van der Waals surface area (Å²) in [4.78, 5) is 18.3. The highest BCUT2D eigenvalue weighted by molar-refractivity contribution is 7.91. The molecule has 4 rings (SSSR count). The van der Waals surface area contributed by atoms with Crippen LogP contribution in [-0.4, -0.2) is 42.9 Å². The average Bonchev–Trinajstić information content (AvgIpc) is 3.39. The molecule has 0 saturated carbocycles. The molecule has 8 nitrogen and oxygen atoms in total. The van der Waals surface area contributed by atoms with Crippen LogP contribution in [0.15, 0.2) is 57.3 Å². The van der Waals surface area contributed by atoms with Gasteiger partial charge < -0.3 is 9.84 Å². The van der Waals surface area contributed by atoms with Gasteiger partial charge in [0.25, 0.3) is 21.6 Å². The van der Waals surface area contributed by atoms with Crippen molar-refractivity contribution in [2.24, 2.45) is 0 Å². The van der Waals surface area contributed by atoms with Crippen molar-refractivity contribution in [2.45, 2.75) is 17.7 Å². The molecule has 0 saturated heterocycles. The molecule has 1 aromatic carbocycles. The number of benzene rings is 1. The minimum Gasteiger partial charge on any atom is -0.347 e. The smallest absolute Gasteiger partial charge is 0.259 e. The van der Waals surface area contributed by atoms with Crippen molar-refractivity contribution in [3.8, 4) is 11.3 Å². The highest BCUT2D eigenvalue weighted by Gasteiger charge is 2.21. The summed E-state index contributed by atoms with van der Waals surface area (Å²) in [5, 5.41) is 7.37. The number of carbonyl (C=O) groups excluding carboxylic acids is 1. The van der Waals surface area contributed by atoms with E-state index in [4.69, 9.17) is 4.52 Å². The zero-order chi connectivity index (χ0) is 22.2. The Morgan fingerprint density at radius 2 is 1.90 bits per heavy atom. The van der Waals surface area contributed by atoms with Crippen molar-refractivity contribution in [3.05, 3.63) is 64.7 Å². The number of nitrogens with one attached hydrogen (secondary N) is 1. The molecule has 0 spiro atoms. The standard InChI is InChI=1S/C21H20N4O4S2/c1-13-19-16(11-17(23-21(19)29-24-13)14-7-5-4-6-8-14)20(26)22-12-15-9-10-18(30-15)31(27,28)25(2)3/h4-11H,12H2,1-3H3,(H,22,26). The summed E-state index contributed by atoms with van der Waals surface area (Å²) in [7, 11) is -0.534. The van der Waals surface area contributed by atoms with Crippen LogP contribution in [0.2, 0.25) is 0 Å². The summed E-state index contributed by atoms with van der Waals surface area (Å²) >= 11 is 1.13. The van der Waals surface area contributed by atoms with Gasteiger partial charge in [-0.2, -0.15) is 0 Å². The van der Waals surface area contributed by atoms with Gasteiger partial charge in [-0.1, -0.05) is 35.5 Å². The second-order valence-corrected chi connectivity index (χ2v) is 10.6. The molecule has 0 fully saturated rings. The van der Waals surface area contributed by atoms with Crippen LogP contribution in [0.5, 0.6) is 0 Å². The third kappa shape index (κ3) is 4.09. The van der Waals surface area contributed by atoms with Gasteiger partial charge in [0.15, 0.2) is 0 Å². The number of rotatable bonds is 6. The molecule has 1 N–H and O–H groups in total. The summed E-state index contributed by atoms with van der Waals surface area (Å²) in [6.45, 7) is 1.95. The molecule has 0 aliphatic rings. The van der Waals surface area contributed by atoms with E-state index in [1.165, 1.54) is 14.1 Å². The monoisotopic (exact) mass is 456 g/mol. The SMILES string of the molecule is Cc1noc2nc(-c3ccccc3)cc(C(=O)NCc3ccc(S(=O)(=O)N(C)C)s3)c12. The third-order valence-electron chi connectivity index (χ3n) is 4.73. The Morgan fingerprint density at radius 1 is 1.16 bits per heavy atom. The quantitative estimate of drug-likeness (QED) is 0.476. The van der Waals surface area contributed by atoms with E-state index in [1.807, 2.05) is 30.3 Å². The number of fused-ring (bicyclic) bond motifs is 1. The van der Waals surface area contributed by atoms with E-state index >= 15 is 0 Å². The van der Waals surface area contributed by atoms with Crippen LogP contribution >= 0.6 is 11.3 Å². The van der Waals surface area contributed by atoms with Crippen LogP contribution in [0.1, 0.15) is 20.9 Å². The number of pyridine rings is 1. The summed E-state index contributed by atoms with van der Waals surface area (Å²) in [5.41, 5.74) is 2.72. The molecule has 3 aromatic heterocycles. The summed E-state index contributed by atoms with van der Waals surface area (Å²) in [6.07, 6.45) is 0. The maximum Gasteiger partial charge on any atom is 0.259 e. The minimum atomic E-state index is -3.50. The van der Waals surface area contributed by atoms with E-state index in [-0.39, 0.29) is 16.7 Å². The Bertz CT molecular complexity index is 1360. The predicted octanol–water partition coefficient (Wildman–Crippen LogP) is 3.44. The van der Waals surface area contributed by atoms with Crippen LogP contribution in [0.4, 0.5) is 0 Å². The van der Waals surface area contributed by atoms with Crippen LogP contribution in [-0.2, 0) is 16.6 Å². The molecule has 3 heterocycles. The van der Waals surface area contributed by atoms with Gasteiger partial charge in [-0.3, -0.25) is 4.79 Å². The fourth-order valence-corrected chi connectivity index (χ4v) is 5.53. The lowest BCUT2D eigenvalue weighted by Gasteiger charge is -2.09. The number of hydrogen-bond acceptors (Lipinski definition) is 7. The molecule has 0 aliphatic carbocycles. The van der Waals surface area contributed by atoms with Crippen molar-refractivity contribution in [2.75, 3.05) is 14.1 Å². The molecule has 0 atom stereocenters. The highest BCUT2D eigenvalue weighted by atomic mass is 32.2. The Morgan fingerprint density at radius 3 is 2.61 bits per heavy atom. The maximum absolute atomic E-state index is 13.0. The van der Waals surface area contributed by atoms with Crippen molar-refractivity contribution in [1.29, 1.82) is 0 Å². The first-order valence-corrected chi connectivity index (χ1v) is 11.6. The van der Waals surface area contributed by atoms with Gasteiger partial charge >= 0.3 is 0 Å². The van der Waals surface area contributed by atoms with E-state index in [1.54, 1.807) is 25.1 Å². The highest BCUT2D eigenvalue weighted by Crippen LogP contribution is 2.27. The van der Waals surface area contributed by atoms with Crippen LogP contribution in [0, 0.1) is 6.92 Å². The normalized spacial score (nSPS) is 11.9. The second kappa shape index (κ2) is 8.22. The van der Waals surface area contributed by atoms with Gasteiger partial charge in [0.2, 0.25) is 0 Å². The number of amides is 1. The fourth-order valence-electron chi connectivity index (χ4n) is 3.07. The van der Waals surface area contributed by atoms with Crippen LogP contribution in [0.3, 0.4) is 0 Å². The van der Waals surface area contributed by atoms with Crippen LogP contribution in [0.25, 0.3) is 22.4 Å². The molecular formula is C21H20N4O4S2. The first-order valence-electron chi connectivity index (χ1n) is 9.39. The molecule has 0 radical (unpaired) electrons. The van der Waals surface area contributed by atoms with Gasteiger partial charge in [0.05, 0.1) is 28.9 Å². The van der Waals surface area contributed by atoms with Crippen molar-refractivity contribution >= 4 is 38.4 Å². The van der Waals surface area contributed by atoms with Crippen molar-refractivity contribution in [1.82, 2.24) is 19.8 Å². The van der Waals surface area contributed by atoms with Gasteiger partial charge in [-0.25, -0.2) is 17.7 Å². The molecule has 10 heteroatoms. The van der Waals surface area contributed by atoms with Gasteiger partial charge in [-0.05, 0) is 25.1 Å². The number of aryl methyl sites for hydroxylation is 1. The van der Waals surface area contributed by atoms with Gasteiger partial charge in [0, 0.05) is 24.5 Å². The summed E-state index contributed by atoms with van der Waals surface area (Å²) in [5.74, 6) is -0.318. The summed E-state index contributed by atoms with van der Waals surface area (Å²) < 4.78 is 31.2. The average molecular weight is 457 g/mol. The Hall–Kier alpha value is -3.08. The number of sulfonamides is 1. The third-order valence-corrected chi connectivity index (χ3v) is 8.09. The van der Waals surface area contributed by atoms with Crippen molar-refractivity contribution in [3.63, 3.8) is 0 Å². The van der Waals surface area contributed by atoms with Crippen LogP contribution < -0.4 is 5.32 Å². The Kier molecular flexibility index (Phi) is 5.61. The fraction of sp³-hybridized carbons (Fsp3) is 0.190. The molecule has 160 valence electrons. The first-order chi connectivity index (χ1) is 14.8. The van der Waals surface area contributed by atoms with E-state index < -0.39 is 10.0 Å². The molecule has 31 heavy (non-hydrogen) atoms. The molecule has 0 unspecified atom stereocenters. The van der Waals surface area contributed by atoms with Crippen molar-refractivity contribution < 1.29 is 17.7 Å². The predicted molar refractivity (Wildman–Crippen MR) is 118 cm³/mol. The lowest BCUT2D eigenvalue weighted by molar-refractivity contribution is 0.0953. The molecule has 1 amide bonds. The number of nitrogens with zero attached hydrogens (tertiary/aromatic N) is 3. The number of carbonyl (C=O) groups is 1. The first kappa shape index (κ1) is 21.2. The molecular weight excluding hydrogens is 436 g/mol.